The van der Waals surface area contributed by atoms with Gasteiger partial charge in [0.05, 0.1) is 19.0 Å². The van der Waals surface area contributed by atoms with Crippen LogP contribution in [0.2, 0.25) is 0 Å². The molecule has 0 aliphatic heterocycles. The molecule has 0 aliphatic carbocycles. The average Bonchev–Trinajstić information content (AvgIpc) is 3.06. The van der Waals surface area contributed by atoms with E-state index < -0.39 is 5.91 Å². The lowest BCUT2D eigenvalue weighted by Crippen LogP contribution is -2.14. The maximum Gasteiger partial charge on any atom is 0.268 e. The second-order valence-electron chi connectivity index (χ2n) is 5.58. The summed E-state index contributed by atoms with van der Waals surface area (Å²) in [5.41, 5.74) is 6.68. The van der Waals surface area contributed by atoms with E-state index in [2.05, 4.69) is 29.2 Å². The number of fused-ring (bicyclic) bond motifs is 1. The maximum atomic E-state index is 11.1. The summed E-state index contributed by atoms with van der Waals surface area (Å²) in [5.74, 6) is -0.561. The highest BCUT2D eigenvalue weighted by Gasteiger charge is 2.13. The first-order valence-electron chi connectivity index (χ1n) is 7.60. The van der Waals surface area contributed by atoms with Gasteiger partial charge in [-0.15, -0.1) is 0 Å². The van der Waals surface area contributed by atoms with E-state index in [1.54, 1.807) is 17.1 Å². The molecule has 3 N–H and O–H groups in total. The van der Waals surface area contributed by atoms with Crippen molar-refractivity contribution in [3.8, 4) is 0 Å². The number of imidazole rings is 1. The molecule has 118 valence electrons. The molecule has 3 rings (SSSR count). The largest absolute Gasteiger partial charge is 0.394 e. The van der Waals surface area contributed by atoms with Crippen molar-refractivity contribution in [2.45, 2.75) is 18.9 Å². The Morgan fingerprint density at radius 2 is 2.00 bits per heavy atom. The van der Waals surface area contributed by atoms with Crippen molar-refractivity contribution in [3.05, 3.63) is 66.2 Å². The van der Waals surface area contributed by atoms with Gasteiger partial charge in [-0.3, -0.25) is 4.79 Å². The lowest BCUT2D eigenvalue weighted by Gasteiger charge is -2.16. The summed E-state index contributed by atoms with van der Waals surface area (Å²) in [7, 11) is 0. The molecule has 0 saturated carbocycles. The highest BCUT2D eigenvalue weighted by molar-refractivity contribution is 5.90. The number of amides is 1. The second kappa shape index (κ2) is 6.62. The van der Waals surface area contributed by atoms with Crippen LogP contribution in [-0.4, -0.2) is 27.2 Å². The van der Waals surface area contributed by atoms with Gasteiger partial charge < -0.3 is 15.4 Å². The zero-order valence-corrected chi connectivity index (χ0v) is 12.7. The molecular formula is C18H19N3O2. The molecule has 0 fully saturated rings. The van der Waals surface area contributed by atoms with E-state index >= 15 is 0 Å². The number of aryl methyl sites for hydroxylation is 1. The van der Waals surface area contributed by atoms with Gasteiger partial charge in [-0.05, 0) is 29.2 Å². The summed E-state index contributed by atoms with van der Waals surface area (Å²) >= 11 is 0. The van der Waals surface area contributed by atoms with E-state index in [1.807, 2.05) is 18.2 Å². The lowest BCUT2D eigenvalue weighted by molar-refractivity contribution is 0.0995. The number of carbonyl (C=O) groups excluding carboxylic acids is 1. The van der Waals surface area contributed by atoms with Crippen LogP contribution in [0.3, 0.4) is 0 Å². The molecule has 1 atom stereocenters. The quantitative estimate of drug-likeness (QED) is 0.733. The van der Waals surface area contributed by atoms with Gasteiger partial charge in [0.25, 0.3) is 5.91 Å². The third-order valence-electron chi connectivity index (χ3n) is 4.11. The minimum Gasteiger partial charge on any atom is -0.394 e. The highest BCUT2D eigenvalue weighted by Crippen LogP contribution is 2.22. The minimum absolute atomic E-state index is 0.0146. The van der Waals surface area contributed by atoms with Crippen molar-refractivity contribution in [1.82, 2.24) is 9.55 Å². The molecule has 23 heavy (non-hydrogen) atoms. The first-order chi connectivity index (χ1) is 11.2. The van der Waals surface area contributed by atoms with Crippen molar-refractivity contribution in [3.63, 3.8) is 0 Å². The van der Waals surface area contributed by atoms with E-state index in [1.165, 1.54) is 16.3 Å². The Labute approximate surface area is 134 Å². The summed E-state index contributed by atoms with van der Waals surface area (Å²) in [6.07, 6.45) is 4.71. The van der Waals surface area contributed by atoms with E-state index in [0.29, 0.717) is 0 Å². The smallest absolute Gasteiger partial charge is 0.268 e. The van der Waals surface area contributed by atoms with Crippen LogP contribution < -0.4 is 5.73 Å². The van der Waals surface area contributed by atoms with Crippen molar-refractivity contribution >= 4 is 16.7 Å². The summed E-state index contributed by atoms with van der Waals surface area (Å²) in [6.45, 7) is -0.0146. The molecule has 5 heteroatoms. The van der Waals surface area contributed by atoms with Gasteiger partial charge in [-0.1, -0.05) is 42.5 Å². The topological polar surface area (TPSA) is 81.1 Å². The van der Waals surface area contributed by atoms with Crippen molar-refractivity contribution in [2.24, 2.45) is 5.73 Å². The normalized spacial score (nSPS) is 12.4. The predicted octanol–water partition coefficient (Wildman–Crippen LogP) is 2.30. The predicted molar refractivity (Wildman–Crippen MR) is 89.1 cm³/mol. The number of hydrogen-bond donors (Lipinski definition) is 2. The number of hydrogen-bond acceptors (Lipinski definition) is 3. The molecule has 0 bridgehead atoms. The van der Waals surface area contributed by atoms with E-state index in [9.17, 15) is 9.90 Å². The number of benzene rings is 2. The molecule has 3 aromatic rings. The van der Waals surface area contributed by atoms with Crippen molar-refractivity contribution in [2.75, 3.05) is 6.61 Å². The molecule has 0 saturated heterocycles. The average molecular weight is 309 g/mol. The molecule has 0 spiro atoms. The van der Waals surface area contributed by atoms with Crippen LogP contribution in [0.25, 0.3) is 10.8 Å². The number of aromatic nitrogens is 2. The van der Waals surface area contributed by atoms with Gasteiger partial charge in [0.2, 0.25) is 0 Å². The van der Waals surface area contributed by atoms with E-state index in [4.69, 9.17) is 5.73 Å². The number of primary amides is 1. The number of aliphatic hydroxyl groups is 1. The number of aliphatic hydroxyl groups excluding tert-OH is 1. The molecular weight excluding hydrogens is 290 g/mol. The van der Waals surface area contributed by atoms with E-state index in [0.717, 1.165) is 12.8 Å². The van der Waals surface area contributed by atoms with Crippen LogP contribution in [0.4, 0.5) is 0 Å². The summed E-state index contributed by atoms with van der Waals surface area (Å²) in [4.78, 5) is 15.1. The van der Waals surface area contributed by atoms with Gasteiger partial charge in [-0.25, -0.2) is 4.98 Å². The standard InChI is InChI=1S/C18H19N3O2/c19-18(23)17-10-21(12-20-17)15(11-22)9-8-14-6-3-5-13-4-1-2-7-16(13)14/h1-7,10,12,15,22H,8-9,11H2,(H2,19,23)/t15-/m0/s1. The monoisotopic (exact) mass is 309 g/mol. The fourth-order valence-corrected chi connectivity index (χ4v) is 2.83. The van der Waals surface area contributed by atoms with E-state index in [-0.39, 0.29) is 18.3 Å². The zero-order chi connectivity index (χ0) is 16.2. The molecule has 1 heterocycles. The van der Waals surface area contributed by atoms with Gasteiger partial charge in [0.1, 0.15) is 5.69 Å². The van der Waals surface area contributed by atoms with Crippen LogP contribution in [0.1, 0.15) is 28.5 Å². The Morgan fingerprint density at radius 3 is 2.74 bits per heavy atom. The van der Waals surface area contributed by atoms with Crippen molar-refractivity contribution in [1.29, 1.82) is 0 Å². The number of carbonyl (C=O) groups is 1. The highest BCUT2D eigenvalue weighted by atomic mass is 16.3. The Morgan fingerprint density at radius 1 is 1.22 bits per heavy atom. The van der Waals surface area contributed by atoms with Gasteiger partial charge in [0.15, 0.2) is 0 Å². The summed E-state index contributed by atoms with van der Waals surface area (Å²) in [6, 6.07) is 14.4. The van der Waals surface area contributed by atoms with Gasteiger partial charge in [0, 0.05) is 6.20 Å². The Hall–Kier alpha value is -2.66. The Kier molecular flexibility index (Phi) is 4.39. The fraction of sp³-hybridized carbons (Fsp3) is 0.222. The summed E-state index contributed by atoms with van der Waals surface area (Å²) in [5, 5.41) is 12.1. The first-order valence-corrected chi connectivity index (χ1v) is 7.60. The number of rotatable bonds is 6. The maximum absolute atomic E-state index is 11.1. The number of nitrogens with two attached hydrogens (primary N) is 1. The SMILES string of the molecule is NC(=O)c1cn([C@H](CO)CCc2cccc3ccccc23)cn1. The zero-order valence-electron chi connectivity index (χ0n) is 12.7. The molecule has 1 amide bonds. The number of nitrogens with zero attached hydrogens (tertiary/aromatic N) is 2. The fourth-order valence-electron chi connectivity index (χ4n) is 2.83. The first kappa shape index (κ1) is 15.2. The minimum atomic E-state index is -0.561. The second-order valence-corrected chi connectivity index (χ2v) is 5.58. The van der Waals surface area contributed by atoms with Crippen LogP contribution in [-0.2, 0) is 6.42 Å². The Balaban J connectivity index is 1.78. The molecule has 0 radical (unpaired) electrons. The van der Waals surface area contributed by atoms with Crippen LogP contribution in [0.15, 0.2) is 55.0 Å². The third kappa shape index (κ3) is 3.24. The van der Waals surface area contributed by atoms with Gasteiger partial charge in [-0.2, -0.15) is 0 Å². The third-order valence-corrected chi connectivity index (χ3v) is 4.11. The van der Waals surface area contributed by atoms with Crippen molar-refractivity contribution < 1.29 is 9.90 Å². The molecule has 0 unspecified atom stereocenters. The molecule has 2 aromatic carbocycles. The lowest BCUT2D eigenvalue weighted by atomic mass is 9.99. The van der Waals surface area contributed by atoms with Crippen LogP contribution >= 0.6 is 0 Å². The van der Waals surface area contributed by atoms with Gasteiger partial charge >= 0.3 is 0 Å². The van der Waals surface area contributed by atoms with Crippen LogP contribution in [0.5, 0.6) is 0 Å². The molecule has 0 aliphatic rings. The molecule has 1 aromatic heterocycles. The summed E-state index contributed by atoms with van der Waals surface area (Å²) < 4.78 is 1.76. The molecule has 5 nitrogen and oxygen atoms in total. The van der Waals surface area contributed by atoms with Crippen LogP contribution in [0, 0.1) is 0 Å². The Bertz CT molecular complexity index is 821.